The van der Waals surface area contributed by atoms with E-state index >= 15 is 0 Å². The highest BCUT2D eigenvalue weighted by Crippen LogP contribution is 2.04. The molecule has 0 N–H and O–H groups in total. The number of unbranched alkanes of at least 4 members (excludes halogenated alkanes) is 1. The summed E-state index contributed by atoms with van der Waals surface area (Å²) in [5.41, 5.74) is 1.27. The van der Waals surface area contributed by atoms with Crippen LogP contribution in [0.4, 0.5) is 0 Å². The Balaban J connectivity index is 2.27. The van der Waals surface area contributed by atoms with Crippen LogP contribution in [0.5, 0.6) is 0 Å². The molecule has 1 atom stereocenters. The predicted molar refractivity (Wildman–Crippen MR) is 65.7 cm³/mol. The van der Waals surface area contributed by atoms with Crippen LogP contribution in [-0.2, 0) is 30.9 Å². The van der Waals surface area contributed by atoms with Gasteiger partial charge in [-0.2, -0.15) is 0 Å². The first-order valence-electron chi connectivity index (χ1n) is 4.88. The molecule has 0 aromatic heterocycles. The molecule has 0 aliphatic carbocycles. The van der Waals surface area contributed by atoms with E-state index < -0.39 is 0 Å². The second-order valence-corrected chi connectivity index (χ2v) is 5.36. The molecule has 0 bridgehead atoms. The van der Waals surface area contributed by atoms with E-state index in [-0.39, 0.29) is 9.74 Å². The van der Waals surface area contributed by atoms with Crippen molar-refractivity contribution < 1.29 is 4.18 Å². The van der Waals surface area contributed by atoms with E-state index in [4.69, 9.17) is 15.4 Å². The van der Waals surface area contributed by atoms with Gasteiger partial charge in [-0.1, -0.05) is 43.7 Å². The molecule has 1 aromatic carbocycles. The summed E-state index contributed by atoms with van der Waals surface area (Å²) in [4.78, 5) is 0. The average Bonchev–Trinajstić information content (AvgIpc) is 2.20. The Morgan fingerprint density at radius 1 is 1.29 bits per heavy atom. The molecule has 0 amide bonds. The van der Waals surface area contributed by atoms with Crippen LogP contribution in [-0.4, -0.2) is 6.61 Å². The quantitative estimate of drug-likeness (QED) is 0.692. The van der Waals surface area contributed by atoms with Crippen LogP contribution in [0.25, 0.3) is 0 Å². The highest BCUT2D eigenvalue weighted by atomic mass is 32.8. The normalized spacial score (nSPS) is 12.6. The van der Waals surface area contributed by atoms with Crippen LogP contribution in [0.1, 0.15) is 25.3 Å². The molecular weight excluding hydrogens is 212 g/mol. The maximum absolute atomic E-state index is 5.53. The molecule has 14 heavy (non-hydrogen) atoms. The third-order valence-electron chi connectivity index (χ3n) is 1.84. The van der Waals surface area contributed by atoms with Crippen molar-refractivity contribution in [2.75, 3.05) is 6.61 Å². The zero-order chi connectivity index (χ0) is 10.2. The zero-order valence-electron chi connectivity index (χ0n) is 8.44. The Kier molecular flexibility index (Phi) is 5.99. The standard InChI is InChI=1S/C11H16OS2/c1-2-3-9-12-14(13)10-11-7-5-4-6-8-11/h4-8H,2-3,9-10H2,1H3. The van der Waals surface area contributed by atoms with E-state index in [2.05, 4.69) is 19.1 Å². The molecule has 0 saturated heterocycles. The third kappa shape index (κ3) is 4.84. The Morgan fingerprint density at radius 3 is 2.64 bits per heavy atom. The lowest BCUT2D eigenvalue weighted by Crippen LogP contribution is -2.00. The predicted octanol–water partition coefficient (Wildman–Crippen LogP) is 3.00. The first-order chi connectivity index (χ1) is 6.83. The highest BCUT2D eigenvalue weighted by molar-refractivity contribution is 8.25. The van der Waals surface area contributed by atoms with Crippen LogP contribution in [0.15, 0.2) is 30.3 Å². The Morgan fingerprint density at radius 2 is 2.00 bits per heavy atom. The molecule has 1 unspecified atom stereocenters. The van der Waals surface area contributed by atoms with Crippen molar-refractivity contribution in [3.63, 3.8) is 0 Å². The SMILES string of the molecule is CCCCOS(=S)Cc1ccccc1. The number of benzene rings is 1. The topological polar surface area (TPSA) is 9.23 Å². The second kappa shape index (κ2) is 7.10. The van der Waals surface area contributed by atoms with Crippen LogP contribution in [0, 0.1) is 0 Å². The first kappa shape index (κ1) is 11.8. The summed E-state index contributed by atoms with van der Waals surface area (Å²) < 4.78 is 5.53. The van der Waals surface area contributed by atoms with Gasteiger partial charge in [0, 0.05) is 15.5 Å². The maximum atomic E-state index is 5.53. The minimum absolute atomic E-state index is 0.339. The zero-order valence-corrected chi connectivity index (χ0v) is 10.1. The van der Waals surface area contributed by atoms with E-state index in [1.807, 2.05) is 18.2 Å². The average molecular weight is 228 g/mol. The summed E-state index contributed by atoms with van der Waals surface area (Å²) in [5.74, 6) is 0.861. The second-order valence-electron chi connectivity index (χ2n) is 3.11. The summed E-state index contributed by atoms with van der Waals surface area (Å²) in [5, 5.41) is 0. The van der Waals surface area contributed by atoms with Crippen molar-refractivity contribution in [3.05, 3.63) is 35.9 Å². The van der Waals surface area contributed by atoms with E-state index in [1.165, 1.54) is 5.56 Å². The summed E-state index contributed by atoms with van der Waals surface area (Å²) >= 11 is 5.24. The van der Waals surface area contributed by atoms with E-state index in [0.29, 0.717) is 0 Å². The summed E-state index contributed by atoms with van der Waals surface area (Å²) in [7, 11) is -0.339. The van der Waals surface area contributed by atoms with Crippen LogP contribution >= 0.6 is 0 Å². The largest absolute Gasteiger partial charge is 0.312 e. The maximum Gasteiger partial charge on any atom is 0.0617 e. The fourth-order valence-electron chi connectivity index (χ4n) is 1.05. The fourth-order valence-corrected chi connectivity index (χ4v) is 2.51. The molecule has 0 aliphatic rings. The molecule has 0 spiro atoms. The first-order valence-corrected chi connectivity index (χ1v) is 7.13. The number of hydrogen-bond donors (Lipinski definition) is 0. The van der Waals surface area contributed by atoms with E-state index in [9.17, 15) is 0 Å². The lowest BCUT2D eigenvalue weighted by molar-refractivity contribution is 0.358. The van der Waals surface area contributed by atoms with E-state index in [0.717, 1.165) is 25.2 Å². The summed E-state index contributed by atoms with van der Waals surface area (Å²) in [6, 6.07) is 10.3. The van der Waals surface area contributed by atoms with Crippen molar-refractivity contribution in [1.82, 2.24) is 0 Å². The van der Waals surface area contributed by atoms with Gasteiger partial charge in [-0.3, -0.25) is 0 Å². The monoisotopic (exact) mass is 228 g/mol. The molecule has 1 aromatic rings. The minimum Gasteiger partial charge on any atom is -0.312 e. The van der Waals surface area contributed by atoms with Crippen molar-refractivity contribution in [3.8, 4) is 0 Å². The smallest absolute Gasteiger partial charge is 0.0617 e. The fraction of sp³-hybridized carbons (Fsp3) is 0.455. The summed E-state index contributed by atoms with van der Waals surface area (Å²) in [6.07, 6.45) is 2.27. The lowest BCUT2D eigenvalue weighted by atomic mass is 10.2. The Bertz CT molecular complexity index is 272. The number of rotatable bonds is 6. The van der Waals surface area contributed by atoms with Gasteiger partial charge in [0.1, 0.15) is 0 Å². The molecule has 0 saturated carbocycles. The molecule has 0 heterocycles. The van der Waals surface area contributed by atoms with Crippen molar-refractivity contribution in [2.24, 2.45) is 0 Å². The number of hydrogen-bond acceptors (Lipinski definition) is 2. The van der Waals surface area contributed by atoms with Gasteiger partial charge in [-0.15, -0.1) is 0 Å². The van der Waals surface area contributed by atoms with Gasteiger partial charge >= 0.3 is 0 Å². The molecular formula is C11H16OS2. The Labute approximate surface area is 93.3 Å². The highest BCUT2D eigenvalue weighted by Gasteiger charge is 1.97. The molecule has 1 rings (SSSR count). The molecule has 0 fully saturated rings. The molecule has 0 aliphatic heterocycles. The van der Waals surface area contributed by atoms with Gasteiger partial charge in [0.2, 0.25) is 0 Å². The van der Waals surface area contributed by atoms with Gasteiger partial charge < -0.3 is 4.18 Å². The van der Waals surface area contributed by atoms with Gasteiger partial charge in [0.05, 0.1) is 6.61 Å². The van der Waals surface area contributed by atoms with Crippen LogP contribution < -0.4 is 0 Å². The third-order valence-corrected chi connectivity index (χ3v) is 3.48. The van der Waals surface area contributed by atoms with Crippen LogP contribution in [0.2, 0.25) is 0 Å². The Hall–Kier alpha value is -0.250. The molecule has 1 nitrogen and oxygen atoms in total. The minimum atomic E-state index is -0.339. The van der Waals surface area contributed by atoms with Gasteiger partial charge in [0.15, 0.2) is 0 Å². The molecule has 3 heteroatoms. The molecule has 78 valence electrons. The van der Waals surface area contributed by atoms with Crippen molar-refractivity contribution in [1.29, 1.82) is 0 Å². The van der Waals surface area contributed by atoms with Crippen LogP contribution in [0.3, 0.4) is 0 Å². The van der Waals surface area contributed by atoms with Gasteiger partial charge in [-0.25, -0.2) is 0 Å². The van der Waals surface area contributed by atoms with Crippen molar-refractivity contribution in [2.45, 2.75) is 25.5 Å². The lowest BCUT2D eigenvalue weighted by Gasteiger charge is -2.05. The van der Waals surface area contributed by atoms with E-state index in [1.54, 1.807) is 0 Å². The van der Waals surface area contributed by atoms with Gasteiger partial charge in [0.25, 0.3) is 0 Å². The van der Waals surface area contributed by atoms with Crippen molar-refractivity contribution >= 4 is 20.9 Å². The molecule has 0 radical (unpaired) electrons. The van der Waals surface area contributed by atoms with Gasteiger partial charge in [-0.05, 0) is 23.2 Å². The summed E-state index contributed by atoms with van der Waals surface area (Å²) in [6.45, 7) is 2.96.